The summed E-state index contributed by atoms with van der Waals surface area (Å²) in [5.41, 5.74) is 6.52. The standard InChI is InChI=1S/C15H14F3NO/c1-8-5-15(11(9(2)19)7-12(8)17)20-14-4-3-10(16)6-13(14)18/h3-7,9H,19H2,1-2H3/t9-/m0/s1. The highest BCUT2D eigenvalue weighted by atomic mass is 19.1. The summed E-state index contributed by atoms with van der Waals surface area (Å²) in [4.78, 5) is 0. The average molecular weight is 281 g/mol. The van der Waals surface area contributed by atoms with E-state index in [-0.39, 0.29) is 11.5 Å². The van der Waals surface area contributed by atoms with Crippen molar-refractivity contribution in [1.29, 1.82) is 0 Å². The van der Waals surface area contributed by atoms with E-state index in [9.17, 15) is 13.2 Å². The number of rotatable bonds is 3. The molecule has 2 N–H and O–H groups in total. The third-order valence-electron chi connectivity index (χ3n) is 2.90. The van der Waals surface area contributed by atoms with Crippen LogP contribution in [0.15, 0.2) is 30.3 Å². The van der Waals surface area contributed by atoms with Gasteiger partial charge in [0.15, 0.2) is 11.6 Å². The summed E-state index contributed by atoms with van der Waals surface area (Å²) < 4.78 is 45.4. The maximum absolute atomic E-state index is 13.6. The fraction of sp³-hybridized carbons (Fsp3) is 0.200. The molecule has 0 radical (unpaired) electrons. The summed E-state index contributed by atoms with van der Waals surface area (Å²) >= 11 is 0. The molecule has 0 bridgehead atoms. The van der Waals surface area contributed by atoms with Crippen LogP contribution in [0.1, 0.15) is 24.1 Å². The van der Waals surface area contributed by atoms with E-state index in [1.165, 1.54) is 18.2 Å². The van der Waals surface area contributed by atoms with Crippen LogP contribution >= 0.6 is 0 Å². The minimum absolute atomic E-state index is 0.140. The van der Waals surface area contributed by atoms with E-state index in [0.29, 0.717) is 11.1 Å². The molecule has 0 fully saturated rings. The fourth-order valence-electron chi connectivity index (χ4n) is 1.79. The van der Waals surface area contributed by atoms with Crippen LogP contribution in [0.5, 0.6) is 11.5 Å². The summed E-state index contributed by atoms with van der Waals surface area (Å²) in [5.74, 6) is -1.83. The van der Waals surface area contributed by atoms with E-state index in [1.807, 2.05) is 0 Å². The summed E-state index contributed by atoms with van der Waals surface area (Å²) in [5, 5.41) is 0. The molecular weight excluding hydrogens is 267 g/mol. The average Bonchev–Trinajstić information content (AvgIpc) is 2.36. The molecule has 0 spiro atoms. The second-order valence-electron chi connectivity index (χ2n) is 4.60. The molecule has 2 aromatic rings. The van der Waals surface area contributed by atoms with Crippen LogP contribution in [0.4, 0.5) is 13.2 Å². The van der Waals surface area contributed by atoms with Gasteiger partial charge in [0.05, 0.1) is 0 Å². The molecule has 5 heteroatoms. The van der Waals surface area contributed by atoms with Crippen molar-refractivity contribution in [3.63, 3.8) is 0 Å². The molecule has 2 rings (SSSR count). The number of nitrogens with two attached hydrogens (primary N) is 1. The van der Waals surface area contributed by atoms with Gasteiger partial charge in [0.25, 0.3) is 0 Å². The number of aryl methyl sites for hydroxylation is 1. The van der Waals surface area contributed by atoms with E-state index in [1.54, 1.807) is 13.8 Å². The third kappa shape index (κ3) is 2.93. The van der Waals surface area contributed by atoms with Gasteiger partial charge in [-0.05, 0) is 43.7 Å². The molecule has 0 saturated heterocycles. The smallest absolute Gasteiger partial charge is 0.168 e. The zero-order valence-corrected chi connectivity index (χ0v) is 11.1. The molecule has 0 aromatic heterocycles. The molecule has 0 aliphatic rings. The Hall–Kier alpha value is -2.01. The van der Waals surface area contributed by atoms with E-state index < -0.39 is 23.5 Å². The van der Waals surface area contributed by atoms with Gasteiger partial charge in [-0.2, -0.15) is 0 Å². The fourth-order valence-corrected chi connectivity index (χ4v) is 1.79. The lowest BCUT2D eigenvalue weighted by molar-refractivity contribution is 0.429. The predicted molar refractivity (Wildman–Crippen MR) is 70.2 cm³/mol. The van der Waals surface area contributed by atoms with Crippen molar-refractivity contribution >= 4 is 0 Å². The molecule has 2 nitrogen and oxygen atoms in total. The van der Waals surface area contributed by atoms with Crippen molar-refractivity contribution in [2.75, 3.05) is 0 Å². The van der Waals surface area contributed by atoms with Gasteiger partial charge in [0.2, 0.25) is 0 Å². The van der Waals surface area contributed by atoms with Gasteiger partial charge in [0, 0.05) is 17.7 Å². The molecule has 0 heterocycles. The van der Waals surface area contributed by atoms with Gasteiger partial charge in [-0.3, -0.25) is 0 Å². The first-order valence-electron chi connectivity index (χ1n) is 6.07. The first-order chi connectivity index (χ1) is 9.38. The van der Waals surface area contributed by atoms with E-state index >= 15 is 0 Å². The zero-order valence-electron chi connectivity index (χ0n) is 11.1. The monoisotopic (exact) mass is 281 g/mol. The predicted octanol–water partition coefficient (Wildman–Crippen LogP) is 4.22. The molecule has 0 unspecified atom stereocenters. The number of ether oxygens (including phenoxy) is 1. The lowest BCUT2D eigenvalue weighted by Crippen LogP contribution is -2.08. The summed E-state index contributed by atoms with van der Waals surface area (Å²) in [6, 6.07) is 5.20. The van der Waals surface area contributed by atoms with Crippen LogP contribution in [0.2, 0.25) is 0 Å². The molecule has 20 heavy (non-hydrogen) atoms. The lowest BCUT2D eigenvalue weighted by Gasteiger charge is -2.15. The number of halogens is 3. The highest BCUT2D eigenvalue weighted by Crippen LogP contribution is 2.32. The second-order valence-corrected chi connectivity index (χ2v) is 4.60. The Kier molecular flexibility index (Phi) is 3.99. The number of hydrogen-bond donors (Lipinski definition) is 1. The Labute approximate surface area is 115 Å². The first kappa shape index (κ1) is 14.4. The van der Waals surface area contributed by atoms with Gasteiger partial charge in [0.1, 0.15) is 17.4 Å². The Balaban J connectivity index is 2.44. The van der Waals surface area contributed by atoms with Crippen molar-refractivity contribution in [2.45, 2.75) is 19.9 Å². The molecular formula is C15H14F3NO. The maximum atomic E-state index is 13.6. The number of hydrogen-bond acceptors (Lipinski definition) is 2. The minimum Gasteiger partial charge on any atom is -0.454 e. The molecule has 0 amide bonds. The quantitative estimate of drug-likeness (QED) is 0.914. The van der Waals surface area contributed by atoms with Crippen molar-refractivity contribution in [3.8, 4) is 11.5 Å². The lowest BCUT2D eigenvalue weighted by atomic mass is 10.1. The van der Waals surface area contributed by atoms with Crippen LogP contribution in [0.3, 0.4) is 0 Å². The Morgan fingerprint density at radius 1 is 1.00 bits per heavy atom. The maximum Gasteiger partial charge on any atom is 0.168 e. The topological polar surface area (TPSA) is 35.2 Å². The second kappa shape index (κ2) is 5.54. The largest absolute Gasteiger partial charge is 0.454 e. The Morgan fingerprint density at radius 2 is 1.70 bits per heavy atom. The molecule has 0 aliphatic heterocycles. The van der Waals surface area contributed by atoms with Crippen LogP contribution < -0.4 is 10.5 Å². The van der Waals surface area contributed by atoms with Gasteiger partial charge < -0.3 is 10.5 Å². The van der Waals surface area contributed by atoms with E-state index in [2.05, 4.69) is 0 Å². The van der Waals surface area contributed by atoms with E-state index in [0.717, 1.165) is 12.1 Å². The molecule has 0 saturated carbocycles. The Bertz CT molecular complexity index is 641. The molecule has 2 aromatic carbocycles. The third-order valence-corrected chi connectivity index (χ3v) is 2.90. The van der Waals surface area contributed by atoms with Crippen molar-refractivity contribution in [1.82, 2.24) is 0 Å². The van der Waals surface area contributed by atoms with Crippen molar-refractivity contribution in [2.24, 2.45) is 5.73 Å². The highest BCUT2D eigenvalue weighted by Gasteiger charge is 2.15. The van der Waals surface area contributed by atoms with Crippen molar-refractivity contribution in [3.05, 3.63) is 58.9 Å². The van der Waals surface area contributed by atoms with Crippen LogP contribution in [-0.2, 0) is 0 Å². The van der Waals surface area contributed by atoms with Crippen LogP contribution in [0, 0.1) is 24.4 Å². The highest BCUT2D eigenvalue weighted by molar-refractivity contribution is 5.43. The summed E-state index contributed by atoms with van der Waals surface area (Å²) in [6.45, 7) is 3.23. The first-order valence-corrected chi connectivity index (χ1v) is 6.07. The minimum atomic E-state index is -0.831. The molecule has 0 aliphatic carbocycles. The zero-order chi connectivity index (χ0) is 14.9. The van der Waals surface area contributed by atoms with Crippen LogP contribution in [-0.4, -0.2) is 0 Å². The molecule has 106 valence electrons. The number of benzene rings is 2. The van der Waals surface area contributed by atoms with Gasteiger partial charge in [-0.1, -0.05) is 0 Å². The van der Waals surface area contributed by atoms with E-state index in [4.69, 9.17) is 10.5 Å². The summed E-state index contributed by atoms with van der Waals surface area (Å²) in [6.07, 6.45) is 0. The Morgan fingerprint density at radius 3 is 2.30 bits per heavy atom. The SMILES string of the molecule is Cc1cc(Oc2ccc(F)cc2F)c([C@H](C)N)cc1F. The van der Waals surface area contributed by atoms with Gasteiger partial charge >= 0.3 is 0 Å². The van der Waals surface area contributed by atoms with Crippen LogP contribution in [0.25, 0.3) is 0 Å². The summed E-state index contributed by atoms with van der Waals surface area (Å²) in [7, 11) is 0. The molecule has 1 atom stereocenters. The van der Waals surface area contributed by atoms with Gasteiger partial charge in [-0.15, -0.1) is 0 Å². The van der Waals surface area contributed by atoms with Crippen molar-refractivity contribution < 1.29 is 17.9 Å². The normalized spacial score (nSPS) is 12.3. The van der Waals surface area contributed by atoms with Gasteiger partial charge in [-0.25, -0.2) is 13.2 Å².